The van der Waals surface area contributed by atoms with Crippen molar-refractivity contribution >= 4 is 0 Å². The van der Waals surface area contributed by atoms with Crippen LogP contribution in [0.15, 0.2) is 36.5 Å². The van der Waals surface area contributed by atoms with Gasteiger partial charge in [0.2, 0.25) is 0 Å². The van der Waals surface area contributed by atoms with Gasteiger partial charge in [-0.3, -0.25) is 4.68 Å². The second-order valence-corrected chi connectivity index (χ2v) is 4.14. The summed E-state index contributed by atoms with van der Waals surface area (Å²) in [5.74, 6) is 0.719. The lowest BCUT2D eigenvalue weighted by Gasteiger charge is -2.06. The summed E-state index contributed by atoms with van der Waals surface area (Å²) in [6, 6.07) is 11.7. The largest absolute Gasteiger partial charge is 0.479 e. The predicted molar refractivity (Wildman–Crippen MR) is 71.3 cm³/mol. The number of hydrogen-bond donors (Lipinski definition) is 1. The van der Waals surface area contributed by atoms with E-state index < -0.39 is 0 Å². The van der Waals surface area contributed by atoms with E-state index in [1.54, 1.807) is 6.20 Å². The molecule has 0 unspecified atom stereocenters. The van der Waals surface area contributed by atoms with E-state index in [9.17, 15) is 0 Å². The lowest BCUT2D eigenvalue weighted by molar-refractivity contribution is 0.368. The predicted octanol–water partition coefficient (Wildman–Crippen LogP) is 1.61. The number of aromatic nitrogens is 2. The molecule has 1 aromatic carbocycles. The van der Waals surface area contributed by atoms with E-state index in [2.05, 4.69) is 10.4 Å². The van der Waals surface area contributed by atoms with E-state index >= 15 is 0 Å². The van der Waals surface area contributed by atoms with Gasteiger partial charge >= 0.3 is 0 Å². The molecule has 0 aliphatic rings. The van der Waals surface area contributed by atoms with Gasteiger partial charge in [-0.15, -0.1) is 0 Å². The molecule has 19 heavy (non-hydrogen) atoms. The Hall–Kier alpha value is -2.32. The Morgan fingerprint density at radius 2 is 2.05 bits per heavy atom. The normalized spacial score (nSPS) is 10.1. The molecule has 5 heteroatoms. The Kier molecular flexibility index (Phi) is 4.54. The van der Waals surface area contributed by atoms with Crippen molar-refractivity contribution in [1.82, 2.24) is 15.1 Å². The van der Waals surface area contributed by atoms with E-state index in [0.29, 0.717) is 0 Å². The summed E-state index contributed by atoms with van der Waals surface area (Å²) in [7, 11) is 1.93. The van der Waals surface area contributed by atoms with E-state index in [1.165, 1.54) is 5.56 Å². The topological polar surface area (TPSA) is 62.9 Å². The number of nitrogens with zero attached hydrogens (tertiary/aromatic N) is 3. The maximum absolute atomic E-state index is 8.42. The molecule has 2 rings (SSSR count). The third-order valence-electron chi connectivity index (χ3n) is 2.78. The first-order chi connectivity index (χ1) is 9.29. The van der Waals surface area contributed by atoms with Gasteiger partial charge in [0.1, 0.15) is 11.8 Å². The first kappa shape index (κ1) is 13.1. The van der Waals surface area contributed by atoms with Crippen LogP contribution in [0.4, 0.5) is 0 Å². The number of rotatable bonds is 6. The van der Waals surface area contributed by atoms with Gasteiger partial charge in [0.15, 0.2) is 6.61 Å². The third-order valence-corrected chi connectivity index (χ3v) is 2.78. The Balaban J connectivity index is 1.80. The number of aryl methyl sites for hydroxylation is 1. The Labute approximate surface area is 112 Å². The minimum absolute atomic E-state index is 0.0814. The van der Waals surface area contributed by atoms with Crippen LogP contribution in [-0.4, -0.2) is 16.4 Å². The van der Waals surface area contributed by atoms with Crippen LogP contribution >= 0.6 is 0 Å². The highest BCUT2D eigenvalue weighted by atomic mass is 16.5. The molecule has 1 N–H and O–H groups in total. The van der Waals surface area contributed by atoms with Gasteiger partial charge in [0.25, 0.3) is 0 Å². The SMILES string of the molecule is Cn1nccc1CNCc1ccc(OCC#N)cc1. The lowest BCUT2D eigenvalue weighted by Crippen LogP contribution is -2.15. The minimum Gasteiger partial charge on any atom is -0.479 e. The van der Waals surface area contributed by atoms with Crippen LogP contribution in [0.5, 0.6) is 5.75 Å². The fourth-order valence-electron chi connectivity index (χ4n) is 1.73. The van der Waals surface area contributed by atoms with E-state index in [0.717, 1.165) is 24.5 Å². The number of nitrogens with one attached hydrogen (secondary N) is 1. The Morgan fingerprint density at radius 1 is 1.26 bits per heavy atom. The number of benzene rings is 1. The number of ether oxygens (including phenoxy) is 1. The molecular formula is C14H16N4O. The fourth-order valence-corrected chi connectivity index (χ4v) is 1.73. The van der Waals surface area contributed by atoms with Crippen LogP contribution in [0.2, 0.25) is 0 Å². The zero-order valence-electron chi connectivity index (χ0n) is 10.8. The van der Waals surface area contributed by atoms with Crippen molar-refractivity contribution in [3.05, 3.63) is 47.8 Å². The summed E-state index contributed by atoms with van der Waals surface area (Å²) in [5, 5.41) is 15.9. The second kappa shape index (κ2) is 6.57. The third kappa shape index (κ3) is 3.83. The Morgan fingerprint density at radius 3 is 2.68 bits per heavy atom. The average Bonchev–Trinajstić information content (AvgIpc) is 2.84. The zero-order valence-corrected chi connectivity index (χ0v) is 10.8. The van der Waals surface area contributed by atoms with Crippen molar-refractivity contribution in [2.24, 2.45) is 7.05 Å². The van der Waals surface area contributed by atoms with Crippen molar-refractivity contribution in [3.63, 3.8) is 0 Å². The smallest absolute Gasteiger partial charge is 0.174 e. The second-order valence-electron chi connectivity index (χ2n) is 4.14. The molecule has 98 valence electrons. The minimum atomic E-state index is 0.0814. The van der Waals surface area contributed by atoms with Gasteiger partial charge < -0.3 is 10.1 Å². The fraction of sp³-hybridized carbons (Fsp3) is 0.286. The lowest BCUT2D eigenvalue weighted by atomic mass is 10.2. The van der Waals surface area contributed by atoms with Gasteiger partial charge in [-0.25, -0.2) is 0 Å². The molecule has 2 aromatic rings. The highest BCUT2D eigenvalue weighted by molar-refractivity contribution is 5.27. The molecule has 0 atom stereocenters. The molecule has 0 aliphatic carbocycles. The first-order valence-corrected chi connectivity index (χ1v) is 6.06. The number of hydrogen-bond acceptors (Lipinski definition) is 4. The van der Waals surface area contributed by atoms with Gasteiger partial charge in [0.05, 0.1) is 5.69 Å². The summed E-state index contributed by atoms with van der Waals surface area (Å²) in [4.78, 5) is 0. The average molecular weight is 256 g/mol. The van der Waals surface area contributed by atoms with E-state index in [-0.39, 0.29) is 6.61 Å². The first-order valence-electron chi connectivity index (χ1n) is 6.06. The van der Waals surface area contributed by atoms with Crippen molar-refractivity contribution in [2.45, 2.75) is 13.1 Å². The maximum atomic E-state index is 8.42. The zero-order chi connectivity index (χ0) is 13.5. The molecule has 0 fully saturated rings. The van der Waals surface area contributed by atoms with Crippen LogP contribution in [-0.2, 0) is 20.1 Å². The monoisotopic (exact) mass is 256 g/mol. The molecule has 0 spiro atoms. The van der Waals surface area contributed by atoms with Crippen LogP contribution in [0.3, 0.4) is 0 Å². The highest BCUT2D eigenvalue weighted by Crippen LogP contribution is 2.11. The van der Waals surface area contributed by atoms with Crippen LogP contribution < -0.4 is 10.1 Å². The highest BCUT2D eigenvalue weighted by Gasteiger charge is 1.99. The van der Waals surface area contributed by atoms with E-state index in [4.69, 9.17) is 10.00 Å². The standard InChI is InChI=1S/C14H16N4O/c1-18-13(6-8-17-18)11-16-10-12-2-4-14(5-3-12)19-9-7-15/h2-6,8,16H,9-11H2,1H3. The maximum Gasteiger partial charge on any atom is 0.174 e. The van der Waals surface area contributed by atoms with Crippen molar-refractivity contribution in [1.29, 1.82) is 5.26 Å². The van der Waals surface area contributed by atoms with Crippen molar-refractivity contribution in [3.8, 4) is 11.8 Å². The molecule has 0 aliphatic heterocycles. The molecule has 0 radical (unpaired) electrons. The molecular weight excluding hydrogens is 240 g/mol. The molecule has 1 aromatic heterocycles. The van der Waals surface area contributed by atoms with Crippen LogP contribution in [0, 0.1) is 11.3 Å². The Bertz CT molecular complexity index is 554. The van der Waals surface area contributed by atoms with Crippen LogP contribution in [0.25, 0.3) is 0 Å². The summed E-state index contributed by atoms with van der Waals surface area (Å²) in [6.45, 7) is 1.64. The van der Waals surface area contributed by atoms with Crippen molar-refractivity contribution < 1.29 is 4.74 Å². The summed E-state index contributed by atoms with van der Waals surface area (Å²) in [5.41, 5.74) is 2.32. The summed E-state index contributed by atoms with van der Waals surface area (Å²) < 4.78 is 7.05. The molecule has 5 nitrogen and oxygen atoms in total. The van der Waals surface area contributed by atoms with Crippen molar-refractivity contribution in [2.75, 3.05) is 6.61 Å². The summed E-state index contributed by atoms with van der Waals surface area (Å²) in [6.07, 6.45) is 1.79. The number of nitriles is 1. The van der Waals surface area contributed by atoms with Gasteiger partial charge in [0, 0.05) is 26.3 Å². The molecule has 1 heterocycles. The molecule has 0 saturated carbocycles. The van der Waals surface area contributed by atoms with Gasteiger partial charge in [-0.1, -0.05) is 12.1 Å². The summed E-state index contributed by atoms with van der Waals surface area (Å²) >= 11 is 0. The molecule has 0 amide bonds. The van der Waals surface area contributed by atoms with Gasteiger partial charge in [-0.05, 0) is 23.8 Å². The van der Waals surface area contributed by atoms with Crippen LogP contribution in [0.1, 0.15) is 11.3 Å². The van der Waals surface area contributed by atoms with E-state index in [1.807, 2.05) is 48.1 Å². The quantitative estimate of drug-likeness (QED) is 0.853. The molecule has 0 saturated heterocycles. The van der Waals surface area contributed by atoms with Gasteiger partial charge in [-0.2, -0.15) is 10.4 Å². The molecule has 0 bridgehead atoms.